The number of nitrogens with zero attached hydrogens (tertiary/aromatic N) is 3. The van der Waals surface area contributed by atoms with Gasteiger partial charge in [0.05, 0.1) is 6.42 Å². The molecule has 0 aromatic carbocycles. The number of aromatic nitrogens is 3. The molecule has 0 atom stereocenters. The number of rotatable bonds is 3. The lowest BCUT2D eigenvalue weighted by atomic mass is 10.1. The Bertz CT molecular complexity index is 518. The summed E-state index contributed by atoms with van der Waals surface area (Å²) in [4.78, 5) is 12.8. The summed E-state index contributed by atoms with van der Waals surface area (Å²) in [5.74, 6) is 0.794. The van der Waals surface area contributed by atoms with E-state index in [0.29, 0.717) is 22.6 Å². The molecular formula is C13H13Cl2N3. The van der Waals surface area contributed by atoms with Gasteiger partial charge in [0.2, 0.25) is 0 Å². The van der Waals surface area contributed by atoms with Crippen LogP contribution in [0.1, 0.15) is 36.8 Å². The Morgan fingerprint density at radius 1 is 1.11 bits per heavy atom. The summed E-state index contributed by atoms with van der Waals surface area (Å²) in [7, 11) is 0. The van der Waals surface area contributed by atoms with E-state index in [0.717, 1.165) is 11.3 Å². The van der Waals surface area contributed by atoms with Crippen LogP contribution in [-0.4, -0.2) is 15.0 Å². The van der Waals surface area contributed by atoms with Crippen molar-refractivity contribution < 1.29 is 0 Å². The zero-order valence-corrected chi connectivity index (χ0v) is 11.7. The molecule has 3 nitrogen and oxygen atoms in total. The average molecular weight is 282 g/mol. The van der Waals surface area contributed by atoms with Crippen LogP contribution in [0.15, 0.2) is 24.4 Å². The van der Waals surface area contributed by atoms with Crippen LogP contribution in [0.4, 0.5) is 0 Å². The second-order valence-electron chi connectivity index (χ2n) is 4.29. The highest BCUT2D eigenvalue weighted by Crippen LogP contribution is 2.28. The highest BCUT2D eigenvalue weighted by molar-refractivity contribution is 6.34. The molecule has 2 rings (SSSR count). The van der Waals surface area contributed by atoms with Crippen LogP contribution in [-0.2, 0) is 6.42 Å². The van der Waals surface area contributed by atoms with Crippen LogP contribution in [0.2, 0.25) is 10.3 Å². The molecule has 2 aromatic rings. The summed E-state index contributed by atoms with van der Waals surface area (Å²) >= 11 is 12.3. The van der Waals surface area contributed by atoms with Crippen LogP contribution < -0.4 is 0 Å². The van der Waals surface area contributed by atoms with Crippen molar-refractivity contribution >= 4 is 23.2 Å². The molecule has 0 aliphatic carbocycles. The second-order valence-corrected chi connectivity index (χ2v) is 5.00. The van der Waals surface area contributed by atoms with Gasteiger partial charge in [0, 0.05) is 17.5 Å². The van der Waals surface area contributed by atoms with E-state index < -0.39 is 0 Å². The molecule has 0 N–H and O–H groups in total. The van der Waals surface area contributed by atoms with E-state index in [4.69, 9.17) is 23.2 Å². The minimum atomic E-state index is 0.203. The Morgan fingerprint density at radius 3 is 2.28 bits per heavy atom. The second kappa shape index (κ2) is 5.63. The number of hydrogen-bond acceptors (Lipinski definition) is 3. The van der Waals surface area contributed by atoms with Gasteiger partial charge in [-0.25, -0.2) is 9.97 Å². The van der Waals surface area contributed by atoms with Gasteiger partial charge in [-0.3, -0.25) is 4.98 Å². The lowest BCUT2D eigenvalue weighted by molar-refractivity contribution is 0.827. The molecular weight excluding hydrogens is 269 g/mol. The van der Waals surface area contributed by atoms with Gasteiger partial charge < -0.3 is 0 Å². The molecule has 0 bridgehead atoms. The zero-order chi connectivity index (χ0) is 13.1. The fourth-order valence-corrected chi connectivity index (χ4v) is 2.54. The molecule has 0 fully saturated rings. The molecule has 5 heteroatoms. The van der Waals surface area contributed by atoms with Gasteiger partial charge in [0.25, 0.3) is 0 Å². The predicted molar refractivity (Wildman–Crippen MR) is 73.2 cm³/mol. The van der Waals surface area contributed by atoms with Crippen LogP contribution >= 0.6 is 23.2 Å². The smallest absolute Gasteiger partial charge is 0.137 e. The standard InChI is InChI=1S/C13H13Cl2N3/c1-8(2)11-12(14)17-10(18-13(11)15)7-9-5-3-4-6-16-9/h3-6,8H,7H2,1-2H3. The van der Waals surface area contributed by atoms with E-state index in [1.54, 1.807) is 6.20 Å². The topological polar surface area (TPSA) is 38.7 Å². The maximum atomic E-state index is 6.14. The first-order chi connectivity index (χ1) is 8.58. The van der Waals surface area contributed by atoms with E-state index in [9.17, 15) is 0 Å². The van der Waals surface area contributed by atoms with Crippen molar-refractivity contribution in [3.8, 4) is 0 Å². The lowest BCUT2D eigenvalue weighted by Crippen LogP contribution is -2.03. The van der Waals surface area contributed by atoms with Crippen LogP contribution in [0.25, 0.3) is 0 Å². The molecule has 0 unspecified atom stereocenters. The lowest BCUT2D eigenvalue weighted by Gasteiger charge is -2.10. The first kappa shape index (κ1) is 13.2. The minimum absolute atomic E-state index is 0.203. The average Bonchev–Trinajstić information content (AvgIpc) is 2.28. The summed E-state index contributed by atoms with van der Waals surface area (Å²) in [5, 5.41) is 0.854. The van der Waals surface area contributed by atoms with Crippen LogP contribution in [0, 0.1) is 0 Å². The summed E-state index contributed by atoms with van der Waals surface area (Å²) in [5.41, 5.74) is 1.69. The Balaban J connectivity index is 2.31. The van der Waals surface area contributed by atoms with Crippen LogP contribution in [0.3, 0.4) is 0 Å². The summed E-state index contributed by atoms with van der Waals surface area (Å²) in [6.07, 6.45) is 2.26. The summed E-state index contributed by atoms with van der Waals surface area (Å²) in [6, 6.07) is 5.71. The molecule has 2 aromatic heterocycles. The van der Waals surface area contributed by atoms with E-state index in [1.165, 1.54) is 0 Å². The summed E-state index contributed by atoms with van der Waals surface area (Å²) in [6.45, 7) is 4.02. The quantitative estimate of drug-likeness (QED) is 0.801. The number of pyridine rings is 1. The molecule has 94 valence electrons. The largest absolute Gasteiger partial charge is 0.261 e. The van der Waals surface area contributed by atoms with Gasteiger partial charge in [-0.1, -0.05) is 43.1 Å². The maximum Gasteiger partial charge on any atom is 0.137 e. The molecule has 0 saturated heterocycles. The van der Waals surface area contributed by atoms with Crippen molar-refractivity contribution in [2.45, 2.75) is 26.2 Å². The molecule has 0 aliphatic heterocycles. The van der Waals surface area contributed by atoms with Crippen molar-refractivity contribution in [2.75, 3.05) is 0 Å². The molecule has 2 heterocycles. The first-order valence-corrected chi connectivity index (χ1v) is 6.45. The highest BCUT2D eigenvalue weighted by Gasteiger charge is 2.14. The highest BCUT2D eigenvalue weighted by atomic mass is 35.5. The van der Waals surface area contributed by atoms with E-state index >= 15 is 0 Å². The number of halogens is 2. The van der Waals surface area contributed by atoms with Gasteiger partial charge in [-0.2, -0.15) is 0 Å². The third kappa shape index (κ3) is 2.98. The molecule has 0 amide bonds. The molecule has 0 saturated carbocycles. The van der Waals surface area contributed by atoms with E-state index in [-0.39, 0.29) is 5.92 Å². The predicted octanol–water partition coefficient (Wildman–Crippen LogP) is 3.89. The molecule has 0 radical (unpaired) electrons. The first-order valence-electron chi connectivity index (χ1n) is 5.69. The number of hydrogen-bond donors (Lipinski definition) is 0. The Morgan fingerprint density at radius 2 is 1.78 bits per heavy atom. The van der Waals surface area contributed by atoms with Crippen molar-refractivity contribution in [1.82, 2.24) is 15.0 Å². The Labute approximate surface area is 116 Å². The zero-order valence-electron chi connectivity index (χ0n) is 10.2. The van der Waals surface area contributed by atoms with Crippen molar-refractivity contribution in [3.63, 3.8) is 0 Å². The Kier molecular flexibility index (Phi) is 4.15. The van der Waals surface area contributed by atoms with Gasteiger partial charge in [-0.15, -0.1) is 0 Å². The van der Waals surface area contributed by atoms with Crippen molar-refractivity contribution in [2.24, 2.45) is 0 Å². The van der Waals surface area contributed by atoms with Crippen molar-refractivity contribution in [3.05, 3.63) is 51.8 Å². The molecule has 0 spiro atoms. The molecule has 0 aliphatic rings. The third-order valence-electron chi connectivity index (χ3n) is 2.54. The van der Waals surface area contributed by atoms with Gasteiger partial charge >= 0.3 is 0 Å². The van der Waals surface area contributed by atoms with Gasteiger partial charge in [0.1, 0.15) is 16.1 Å². The van der Waals surface area contributed by atoms with Crippen molar-refractivity contribution in [1.29, 1.82) is 0 Å². The fourth-order valence-electron chi connectivity index (χ4n) is 1.68. The third-order valence-corrected chi connectivity index (χ3v) is 3.12. The fraction of sp³-hybridized carbons (Fsp3) is 0.308. The minimum Gasteiger partial charge on any atom is -0.261 e. The monoisotopic (exact) mass is 281 g/mol. The van der Waals surface area contributed by atoms with Gasteiger partial charge in [-0.05, 0) is 18.1 Å². The molecule has 18 heavy (non-hydrogen) atoms. The summed E-state index contributed by atoms with van der Waals surface area (Å²) < 4.78 is 0. The van der Waals surface area contributed by atoms with Gasteiger partial charge in [0.15, 0.2) is 0 Å². The SMILES string of the molecule is CC(C)c1c(Cl)nc(Cc2ccccn2)nc1Cl. The van der Waals surface area contributed by atoms with Crippen LogP contribution in [0.5, 0.6) is 0 Å². The van der Waals surface area contributed by atoms with E-state index in [2.05, 4.69) is 15.0 Å². The normalized spacial score (nSPS) is 10.9. The Hall–Kier alpha value is -1.19. The van der Waals surface area contributed by atoms with E-state index in [1.807, 2.05) is 32.0 Å². The maximum absolute atomic E-state index is 6.14.